The van der Waals surface area contributed by atoms with Crippen molar-refractivity contribution in [3.05, 3.63) is 59.7 Å². The van der Waals surface area contributed by atoms with Crippen LogP contribution >= 0.6 is 0 Å². The van der Waals surface area contributed by atoms with Gasteiger partial charge in [-0.15, -0.1) is 0 Å². The first-order valence-corrected chi connectivity index (χ1v) is 11.5. The molecule has 0 saturated carbocycles. The van der Waals surface area contributed by atoms with Gasteiger partial charge in [-0.25, -0.2) is 25.9 Å². The lowest BCUT2D eigenvalue weighted by molar-refractivity contribution is 0.520. The molecule has 2 aromatic carbocycles. The third-order valence-electron chi connectivity index (χ3n) is 4.33. The van der Waals surface area contributed by atoms with Crippen LogP contribution in [0.4, 0.5) is 0 Å². The summed E-state index contributed by atoms with van der Waals surface area (Å²) in [6.07, 6.45) is 0. The Balaban J connectivity index is 2.28. The second-order valence-corrected chi connectivity index (χ2v) is 10.8. The summed E-state index contributed by atoms with van der Waals surface area (Å²) in [6, 6.07) is 12.7. The lowest BCUT2D eigenvalue weighted by Crippen LogP contribution is -2.27. The minimum atomic E-state index is -3.88. The van der Waals surface area contributed by atoms with Crippen LogP contribution in [-0.4, -0.2) is 35.2 Å². The Labute approximate surface area is 162 Å². The lowest BCUT2D eigenvalue weighted by atomic mass is 10.00. The van der Waals surface area contributed by atoms with Crippen LogP contribution in [0.25, 0.3) is 0 Å². The van der Waals surface area contributed by atoms with E-state index in [0.29, 0.717) is 5.92 Å². The molecule has 8 heteroatoms. The highest BCUT2D eigenvalue weighted by molar-refractivity contribution is 7.90. The summed E-state index contributed by atoms with van der Waals surface area (Å²) in [4.78, 5) is -0.152. The molecule has 1 N–H and O–H groups in total. The minimum absolute atomic E-state index is 0.0654. The molecule has 2 rings (SSSR count). The maximum Gasteiger partial charge on any atom is 0.242 e. The first kappa shape index (κ1) is 21.6. The maximum absolute atomic E-state index is 12.7. The SMILES string of the molecule is CC(C)c1ccc([C@@H](C)NS(=O)(=O)c2cccc(S(=O)(=O)N(C)C)c2)cc1. The number of nitrogens with one attached hydrogen (secondary N) is 1. The predicted molar refractivity (Wildman–Crippen MR) is 107 cm³/mol. The molecule has 0 saturated heterocycles. The molecule has 0 aliphatic heterocycles. The Morgan fingerprint density at radius 1 is 0.815 bits per heavy atom. The fourth-order valence-electron chi connectivity index (χ4n) is 2.55. The average Bonchev–Trinajstić information content (AvgIpc) is 2.61. The monoisotopic (exact) mass is 410 g/mol. The van der Waals surface area contributed by atoms with E-state index in [1.54, 1.807) is 6.92 Å². The third-order valence-corrected chi connectivity index (χ3v) is 7.68. The van der Waals surface area contributed by atoms with E-state index in [2.05, 4.69) is 18.6 Å². The smallest absolute Gasteiger partial charge is 0.207 e. The van der Waals surface area contributed by atoms with E-state index < -0.39 is 26.1 Å². The van der Waals surface area contributed by atoms with Gasteiger partial charge in [-0.3, -0.25) is 0 Å². The highest BCUT2D eigenvalue weighted by Crippen LogP contribution is 2.22. The maximum atomic E-state index is 12.7. The summed E-state index contributed by atoms with van der Waals surface area (Å²) in [5.74, 6) is 0.396. The van der Waals surface area contributed by atoms with Crippen molar-refractivity contribution in [1.82, 2.24) is 9.03 Å². The van der Waals surface area contributed by atoms with Gasteiger partial charge in [0, 0.05) is 20.1 Å². The molecule has 0 heterocycles. The molecule has 148 valence electrons. The zero-order valence-electron chi connectivity index (χ0n) is 16.2. The number of hydrogen-bond acceptors (Lipinski definition) is 4. The standard InChI is InChI=1S/C19H26N2O4S2/c1-14(2)16-9-11-17(12-10-16)15(3)20-26(22,23)18-7-6-8-19(13-18)27(24,25)21(4)5/h6-15,20H,1-5H3/t15-/m1/s1. The molecule has 0 aliphatic carbocycles. The van der Waals surface area contributed by atoms with E-state index in [1.807, 2.05) is 24.3 Å². The molecule has 0 amide bonds. The Kier molecular flexibility index (Phi) is 6.47. The molecule has 0 aliphatic rings. The van der Waals surface area contributed by atoms with Crippen LogP contribution in [-0.2, 0) is 20.0 Å². The molecule has 0 spiro atoms. The largest absolute Gasteiger partial charge is 0.242 e. The molecule has 0 unspecified atom stereocenters. The highest BCUT2D eigenvalue weighted by atomic mass is 32.2. The molecular formula is C19H26N2O4S2. The second kappa shape index (κ2) is 8.10. The molecule has 0 fully saturated rings. The van der Waals surface area contributed by atoms with Crippen LogP contribution in [0.5, 0.6) is 0 Å². The number of benzene rings is 2. The van der Waals surface area contributed by atoms with Gasteiger partial charge in [-0.2, -0.15) is 0 Å². The van der Waals surface area contributed by atoms with Gasteiger partial charge in [0.1, 0.15) is 0 Å². The zero-order chi connectivity index (χ0) is 20.4. The summed E-state index contributed by atoms with van der Waals surface area (Å²) >= 11 is 0. The normalized spacial score (nSPS) is 13.9. The van der Waals surface area contributed by atoms with Crippen LogP contribution < -0.4 is 4.72 Å². The van der Waals surface area contributed by atoms with Crippen LogP contribution in [0, 0.1) is 0 Å². The van der Waals surface area contributed by atoms with Gasteiger partial charge in [0.25, 0.3) is 0 Å². The van der Waals surface area contributed by atoms with Gasteiger partial charge in [0.05, 0.1) is 9.79 Å². The highest BCUT2D eigenvalue weighted by Gasteiger charge is 2.23. The van der Waals surface area contributed by atoms with E-state index in [1.165, 1.54) is 43.9 Å². The number of sulfonamides is 2. The van der Waals surface area contributed by atoms with Crippen molar-refractivity contribution in [2.24, 2.45) is 0 Å². The Morgan fingerprint density at radius 3 is 1.85 bits per heavy atom. The molecule has 27 heavy (non-hydrogen) atoms. The average molecular weight is 411 g/mol. The Morgan fingerprint density at radius 2 is 1.33 bits per heavy atom. The predicted octanol–water partition coefficient (Wildman–Crippen LogP) is 3.10. The van der Waals surface area contributed by atoms with Crippen LogP contribution in [0.1, 0.15) is 43.9 Å². The molecule has 0 bridgehead atoms. The molecule has 6 nitrogen and oxygen atoms in total. The molecule has 2 aromatic rings. The van der Waals surface area contributed by atoms with Gasteiger partial charge in [0.15, 0.2) is 0 Å². The van der Waals surface area contributed by atoms with Crippen molar-refractivity contribution in [2.75, 3.05) is 14.1 Å². The van der Waals surface area contributed by atoms with E-state index in [9.17, 15) is 16.8 Å². The summed E-state index contributed by atoms with van der Waals surface area (Å²) in [5, 5.41) is 0. The van der Waals surface area contributed by atoms with Gasteiger partial charge in [-0.05, 0) is 42.2 Å². The lowest BCUT2D eigenvalue weighted by Gasteiger charge is -2.17. The van der Waals surface area contributed by atoms with E-state index in [0.717, 1.165) is 9.87 Å². The van der Waals surface area contributed by atoms with E-state index in [-0.39, 0.29) is 9.79 Å². The van der Waals surface area contributed by atoms with Gasteiger partial charge in [0.2, 0.25) is 20.0 Å². The minimum Gasteiger partial charge on any atom is -0.207 e. The van der Waals surface area contributed by atoms with Crippen LogP contribution in [0.2, 0.25) is 0 Å². The summed E-state index contributed by atoms with van der Waals surface area (Å²) < 4.78 is 53.6. The second-order valence-electron chi connectivity index (χ2n) is 6.93. The van der Waals surface area contributed by atoms with Crippen molar-refractivity contribution in [3.63, 3.8) is 0 Å². The topological polar surface area (TPSA) is 83.5 Å². The fraction of sp³-hybridized carbons (Fsp3) is 0.368. The third kappa shape index (κ3) is 4.95. The van der Waals surface area contributed by atoms with Crippen molar-refractivity contribution < 1.29 is 16.8 Å². The van der Waals surface area contributed by atoms with Crippen molar-refractivity contribution >= 4 is 20.0 Å². The van der Waals surface area contributed by atoms with Crippen LogP contribution in [0.3, 0.4) is 0 Å². The molecular weight excluding hydrogens is 384 g/mol. The van der Waals surface area contributed by atoms with Crippen molar-refractivity contribution in [1.29, 1.82) is 0 Å². The van der Waals surface area contributed by atoms with Crippen molar-refractivity contribution in [2.45, 2.75) is 42.5 Å². The van der Waals surface area contributed by atoms with Gasteiger partial charge >= 0.3 is 0 Å². The van der Waals surface area contributed by atoms with E-state index in [4.69, 9.17) is 0 Å². The number of hydrogen-bond donors (Lipinski definition) is 1. The summed E-state index contributed by atoms with van der Waals surface area (Å²) in [5.41, 5.74) is 2.01. The van der Waals surface area contributed by atoms with Gasteiger partial charge in [-0.1, -0.05) is 44.2 Å². The fourth-order valence-corrected chi connectivity index (χ4v) is 4.85. The Bertz CT molecular complexity index is 996. The summed E-state index contributed by atoms with van der Waals surface area (Å²) in [7, 11) is -4.79. The van der Waals surface area contributed by atoms with E-state index >= 15 is 0 Å². The zero-order valence-corrected chi connectivity index (χ0v) is 17.8. The summed E-state index contributed by atoms with van der Waals surface area (Å²) in [6.45, 7) is 5.94. The Hall–Kier alpha value is -1.74. The molecule has 1 atom stereocenters. The number of rotatable bonds is 7. The first-order valence-electron chi connectivity index (χ1n) is 8.60. The quantitative estimate of drug-likeness (QED) is 0.760. The molecule has 0 radical (unpaired) electrons. The van der Waals surface area contributed by atoms with Gasteiger partial charge < -0.3 is 0 Å². The first-order chi connectivity index (χ1) is 12.4. The molecule has 0 aromatic heterocycles. The van der Waals surface area contributed by atoms with Crippen molar-refractivity contribution in [3.8, 4) is 0 Å². The van der Waals surface area contributed by atoms with Crippen LogP contribution in [0.15, 0.2) is 58.3 Å². The number of nitrogens with zero attached hydrogens (tertiary/aromatic N) is 1.